The first kappa shape index (κ1) is 24.0. The fraction of sp³-hybridized carbons (Fsp3) is 0.474. The Morgan fingerprint density at radius 3 is 2.69 bits per heavy atom. The van der Waals surface area contributed by atoms with Gasteiger partial charge in [-0.15, -0.1) is 0 Å². The van der Waals surface area contributed by atoms with Crippen molar-refractivity contribution in [1.29, 1.82) is 5.26 Å². The van der Waals surface area contributed by atoms with Gasteiger partial charge in [0.2, 0.25) is 15.9 Å². The molecular weight excluding hydrogens is 460 g/mol. The smallest absolute Gasteiger partial charge is 0.294 e. The summed E-state index contributed by atoms with van der Waals surface area (Å²) in [4.78, 5) is 39.8. The normalized spacial score (nSPS) is 18.6. The molecular formula is C19H22N4O7S2. The van der Waals surface area contributed by atoms with Crippen LogP contribution in [-0.4, -0.2) is 85.2 Å². The number of ether oxygens (including phenoxy) is 1. The van der Waals surface area contributed by atoms with E-state index in [4.69, 9.17) is 14.4 Å². The van der Waals surface area contributed by atoms with Gasteiger partial charge in [-0.1, -0.05) is 0 Å². The van der Waals surface area contributed by atoms with Crippen LogP contribution < -0.4 is 0 Å². The van der Waals surface area contributed by atoms with Crippen LogP contribution in [0.5, 0.6) is 0 Å². The van der Waals surface area contributed by atoms with Crippen molar-refractivity contribution >= 4 is 44.9 Å². The minimum absolute atomic E-state index is 0.0292. The van der Waals surface area contributed by atoms with E-state index in [9.17, 15) is 22.8 Å². The Morgan fingerprint density at radius 2 is 2.03 bits per heavy atom. The Morgan fingerprint density at radius 1 is 1.31 bits per heavy atom. The molecule has 2 aliphatic heterocycles. The first-order valence-corrected chi connectivity index (χ1v) is 12.4. The molecule has 0 saturated carbocycles. The number of carbonyl (C=O) groups excluding carboxylic acids is 3. The zero-order valence-electron chi connectivity index (χ0n) is 17.4. The zero-order chi connectivity index (χ0) is 23.3. The Balaban J connectivity index is 1.66. The number of hydrogen-bond donors (Lipinski definition) is 0. The van der Waals surface area contributed by atoms with Gasteiger partial charge in [-0.25, -0.2) is 8.42 Å². The predicted octanol–water partition coefficient (Wildman–Crippen LogP) is 0.850. The van der Waals surface area contributed by atoms with Crippen molar-refractivity contribution in [3.8, 4) is 6.07 Å². The summed E-state index contributed by atoms with van der Waals surface area (Å²) in [5.41, 5.74) is 0. The molecule has 13 heteroatoms. The Bertz CT molecular complexity index is 1070. The average molecular weight is 483 g/mol. The Labute approximate surface area is 189 Å². The predicted molar refractivity (Wildman–Crippen MR) is 114 cm³/mol. The lowest BCUT2D eigenvalue weighted by Gasteiger charge is -2.27. The lowest BCUT2D eigenvalue weighted by molar-refractivity contribution is -0.139. The van der Waals surface area contributed by atoms with Crippen molar-refractivity contribution in [2.75, 3.05) is 45.6 Å². The maximum absolute atomic E-state index is 12.6. The van der Waals surface area contributed by atoms with Crippen LogP contribution in [0.25, 0.3) is 6.08 Å². The number of nitrogens with zero attached hydrogens (tertiary/aromatic N) is 4. The molecule has 0 spiro atoms. The number of imide groups is 1. The van der Waals surface area contributed by atoms with Gasteiger partial charge >= 0.3 is 0 Å². The van der Waals surface area contributed by atoms with Crippen LogP contribution >= 0.6 is 11.8 Å². The second-order valence-corrected chi connectivity index (χ2v) is 10.0. The highest BCUT2D eigenvalue weighted by atomic mass is 32.2. The summed E-state index contributed by atoms with van der Waals surface area (Å²) in [5, 5.41) is 8.16. The molecule has 0 aromatic carbocycles. The lowest BCUT2D eigenvalue weighted by atomic mass is 10.3. The van der Waals surface area contributed by atoms with Gasteiger partial charge in [-0.2, -0.15) is 9.57 Å². The van der Waals surface area contributed by atoms with Gasteiger partial charge in [-0.3, -0.25) is 19.3 Å². The molecule has 0 aliphatic carbocycles. The fourth-order valence-corrected chi connectivity index (χ4v) is 4.68. The highest BCUT2D eigenvalue weighted by molar-refractivity contribution is 8.18. The summed E-state index contributed by atoms with van der Waals surface area (Å²) in [6.45, 7) is 1.29. The van der Waals surface area contributed by atoms with Gasteiger partial charge in [-0.05, 0) is 23.9 Å². The van der Waals surface area contributed by atoms with E-state index in [0.717, 1.165) is 15.5 Å². The maximum Gasteiger partial charge on any atom is 0.294 e. The molecule has 3 rings (SSSR count). The van der Waals surface area contributed by atoms with E-state index in [-0.39, 0.29) is 42.6 Å². The Hall–Kier alpha value is -2.66. The molecule has 3 heterocycles. The summed E-state index contributed by atoms with van der Waals surface area (Å²) in [5.74, 6) is -0.332. The van der Waals surface area contributed by atoms with E-state index in [0.29, 0.717) is 43.8 Å². The fourth-order valence-electron chi connectivity index (χ4n) is 3.08. The number of amides is 3. The highest BCUT2D eigenvalue weighted by Gasteiger charge is 2.37. The van der Waals surface area contributed by atoms with E-state index in [2.05, 4.69) is 0 Å². The van der Waals surface area contributed by atoms with E-state index in [1.54, 1.807) is 17.0 Å². The van der Waals surface area contributed by atoms with Gasteiger partial charge in [0.25, 0.3) is 11.1 Å². The number of furan rings is 1. The number of morpholine rings is 1. The first-order valence-electron chi connectivity index (χ1n) is 9.70. The number of sulfonamides is 1. The molecule has 0 N–H and O–H groups in total. The minimum atomic E-state index is -3.54. The van der Waals surface area contributed by atoms with E-state index in [1.165, 1.54) is 6.08 Å². The molecule has 1 aromatic heterocycles. The van der Waals surface area contributed by atoms with Gasteiger partial charge in [0.1, 0.15) is 18.1 Å². The molecule has 2 aliphatic rings. The second kappa shape index (κ2) is 10.3. The zero-order valence-corrected chi connectivity index (χ0v) is 19.0. The van der Waals surface area contributed by atoms with Gasteiger partial charge in [0.15, 0.2) is 0 Å². The third-order valence-corrected chi connectivity index (χ3v) is 6.92. The van der Waals surface area contributed by atoms with Crippen LogP contribution in [-0.2, 0) is 30.9 Å². The van der Waals surface area contributed by atoms with Crippen LogP contribution in [0, 0.1) is 11.3 Å². The van der Waals surface area contributed by atoms with Gasteiger partial charge in [0.05, 0.1) is 37.0 Å². The Kier molecular flexibility index (Phi) is 7.73. The molecule has 2 fully saturated rings. The summed E-state index contributed by atoms with van der Waals surface area (Å²) >= 11 is 0.705. The number of thioether (sulfide) groups is 1. The number of hydrogen-bond acceptors (Lipinski definition) is 9. The number of nitriles is 1. The molecule has 172 valence electrons. The van der Waals surface area contributed by atoms with E-state index < -0.39 is 21.2 Å². The molecule has 0 atom stereocenters. The van der Waals surface area contributed by atoms with Crippen LogP contribution in [0.2, 0.25) is 0 Å². The first-order chi connectivity index (χ1) is 15.2. The standard InChI is InChI=1S/C19H22N4O7S2/c1-32(27,28)22(6-2-5-20)12-15-4-3-14(30-15)11-16-18(25)23(19(26)31-16)13-17(24)21-7-9-29-10-8-21/h3-4,11H,2,6-10,12-13H2,1H3/b16-11-. The van der Waals surface area contributed by atoms with Crippen LogP contribution in [0.4, 0.5) is 4.79 Å². The molecule has 11 nitrogen and oxygen atoms in total. The van der Waals surface area contributed by atoms with Gasteiger partial charge < -0.3 is 14.1 Å². The van der Waals surface area contributed by atoms with Crippen molar-refractivity contribution < 1.29 is 32.0 Å². The summed E-state index contributed by atoms with van der Waals surface area (Å²) in [6, 6.07) is 5.01. The minimum Gasteiger partial charge on any atom is -0.460 e. The molecule has 0 unspecified atom stereocenters. The van der Waals surface area contributed by atoms with Crippen molar-refractivity contribution in [3.05, 3.63) is 28.6 Å². The van der Waals surface area contributed by atoms with Crippen molar-refractivity contribution in [3.63, 3.8) is 0 Å². The molecule has 0 bridgehead atoms. The lowest BCUT2D eigenvalue weighted by Crippen LogP contribution is -2.46. The highest BCUT2D eigenvalue weighted by Crippen LogP contribution is 2.32. The largest absolute Gasteiger partial charge is 0.460 e. The second-order valence-electron chi connectivity index (χ2n) is 7.07. The number of carbonyl (C=O) groups is 3. The van der Waals surface area contributed by atoms with E-state index in [1.807, 2.05) is 6.07 Å². The molecule has 32 heavy (non-hydrogen) atoms. The average Bonchev–Trinajstić information content (AvgIpc) is 3.30. The number of rotatable bonds is 8. The monoisotopic (exact) mass is 482 g/mol. The van der Waals surface area contributed by atoms with E-state index >= 15 is 0 Å². The van der Waals surface area contributed by atoms with Crippen LogP contribution in [0.1, 0.15) is 17.9 Å². The third kappa shape index (κ3) is 5.98. The molecule has 1 aromatic rings. The van der Waals surface area contributed by atoms with Gasteiger partial charge in [0, 0.05) is 32.1 Å². The molecule has 3 amide bonds. The molecule has 0 radical (unpaired) electrons. The van der Waals surface area contributed by atoms with Crippen LogP contribution in [0.3, 0.4) is 0 Å². The van der Waals surface area contributed by atoms with Crippen molar-refractivity contribution in [1.82, 2.24) is 14.1 Å². The van der Waals surface area contributed by atoms with Crippen LogP contribution in [0.15, 0.2) is 21.5 Å². The van der Waals surface area contributed by atoms with Crippen molar-refractivity contribution in [2.45, 2.75) is 13.0 Å². The SMILES string of the molecule is CS(=O)(=O)N(CCC#N)Cc1ccc(/C=C2\SC(=O)N(CC(=O)N3CCOCC3)C2=O)o1. The summed E-state index contributed by atoms with van der Waals surface area (Å²) < 4.78 is 35.7. The topological polar surface area (TPSA) is 141 Å². The third-order valence-electron chi connectivity index (χ3n) is 4.76. The van der Waals surface area contributed by atoms with Crippen molar-refractivity contribution in [2.24, 2.45) is 0 Å². The molecule has 2 saturated heterocycles. The summed E-state index contributed by atoms with van der Waals surface area (Å²) in [6.07, 6.45) is 2.47. The summed E-state index contributed by atoms with van der Waals surface area (Å²) in [7, 11) is -3.54. The maximum atomic E-state index is 12.6. The quantitative estimate of drug-likeness (QED) is 0.493.